The summed E-state index contributed by atoms with van der Waals surface area (Å²) in [5.41, 5.74) is 0.762. The van der Waals surface area contributed by atoms with Gasteiger partial charge in [-0.3, -0.25) is 19.9 Å². The van der Waals surface area contributed by atoms with E-state index in [-0.39, 0.29) is 0 Å². The van der Waals surface area contributed by atoms with E-state index in [4.69, 9.17) is 16.9 Å². The molecule has 0 aliphatic carbocycles. The predicted molar refractivity (Wildman–Crippen MR) is 102 cm³/mol. The molecule has 134 valence electrons. The van der Waals surface area contributed by atoms with E-state index in [9.17, 15) is 14.4 Å². The number of para-hydroxylation sites is 1. The van der Waals surface area contributed by atoms with Crippen molar-refractivity contribution >= 4 is 58.8 Å². The largest absolute Gasteiger partial charge is 0.335 e. The number of hydrogen-bond donors (Lipinski definition) is 1. The molecule has 1 N–H and O–H groups in total. The third-order valence-corrected chi connectivity index (χ3v) is 4.75. The predicted octanol–water partition coefficient (Wildman–Crippen LogP) is 3.51. The SMILES string of the molecule is N#CSc1ccc(N=CC2C(=O)NC(=O)N(c3ccccc3)C2=O)cc1Cl. The molecule has 1 fully saturated rings. The molecule has 1 saturated heterocycles. The molecular formula is C18H11ClN4O3S. The van der Waals surface area contributed by atoms with E-state index >= 15 is 0 Å². The molecule has 0 saturated carbocycles. The molecule has 0 bridgehead atoms. The van der Waals surface area contributed by atoms with Crippen LogP contribution in [0.1, 0.15) is 0 Å². The number of rotatable bonds is 4. The maximum atomic E-state index is 12.7. The second kappa shape index (κ2) is 8.03. The van der Waals surface area contributed by atoms with Crippen molar-refractivity contribution in [3.8, 4) is 5.40 Å². The van der Waals surface area contributed by atoms with Crippen LogP contribution in [-0.2, 0) is 9.59 Å². The quantitative estimate of drug-likeness (QED) is 0.367. The Morgan fingerprint density at radius 2 is 1.93 bits per heavy atom. The Labute approximate surface area is 163 Å². The van der Waals surface area contributed by atoms with Crippen LogP contribution in [0.5, 0.6) is 0 Å². The van der Waals surface area contributed by atoms with Crippen LogP contribution in [0.2, 0.25) is 5.02 Å². The minimum atomic E-state index is -1.25. The van der Waals surface area contributed by atoms with Crippen LogP contribution in [0.15, 0.2) is 58.4 Å². The van der Waals surface area contributed by atoms with Crippen molar-refractivity contribution < 1.29 is 14.4 Å². The van der Waals surface area contributed by atoms with Crippen molar-refractivity contribution in [2.24, 2.45) is 10.9 Å². The first-order chi connectivity index (χ1) is 13.0. The zero-order chi connectivity index (χ0) is 19.4. The molecule has 1 unspecified atom stereocenters. The summed E-state index contributed by atoms with van der Waals surface area (Å²) in [6.45, 7) is 0. The molecule has 1 aliphatic heterocycles. The molecule has 3 rings (SSSR count). The van der Waals surface area contributed by atoms with Gasteiger partial charge in [0.2, 0.25) is 5.91 Å². The second-order valence-corrected chi connectivity index (χ2v) is 6.60. The smallest absolute Gasteiger partial charge is 0.276 e. The van der Waals surface area contributed by atoms with Gasteiger partial charge >= 0.3 is 6.03 Å². The zero-order valence-electron chi connectivity index (χ0n) is 13.6. The highest BCUT2D eigenvalue weighted by Gasteiger charge is 2.40. The van der Waals surface area contributed by atoms with Gasteiger partial charge in [-0.25, -0.2) is 9.69 Å². The fourth-order valence-electron chi connectivity index (χ4n) is 2.41. The van der Waals surface area contributed by atoms with Crippen molar-refractivity contribution in [1.82, 2.24) is 5.32 Å². The fraction of sp³-hybridized carbons (Fsp3) is 0.0556. The number of barbiturate groups is 1. The lowest BCUT2D eigenvalue weighted by Crippen LogP contribution is -2.58. The molecule has 9 heteroatoms. The highest BCUT2D eigenvalue weighted by atomic mass is 35.5. The van der Waals surface area contributed by atoms with Crippen LogP contribution in [-0.4, -0.2) is 24.1 Å². The Balaban J connectivity index is 1.85. The van der Waals surface area contributed by atoms with E-state index in [1.54, 1.807) is 42.5 Å². The molecule has 2 aromatic carbocycles. The maximum absolute atomic E-state index is 12.7. The summed E-state index contributed by atoms with van der Waals surface area (Å²) in [6, 6.07) is 12.2. The van der Waals surface area contributed by atoms with E-state index in [1.165, 1.54) is 12.3 Å². The number of thioether (sulfide) groups is 1. The lowest BCUT2D eigenvalue weighted by atomic mass is 10.1. The van der Waals surface area contributed by atoms with E-state index in [0.29, 0.717) is 21.3 Å². The number of nitriles is 1. The van der Waals surface area contributed by atoms with Crippen LogP contribution in [0.3, 0.4) is 0 Å². The average Bonchev–Trinajstić information content (AvgIpc) is 2.64. The molecule has 7 nitrogen and oxygen atoms in total. The number of carbonyl (C=O) groups is 3. The number of imide groups is 2. The van der Waals surface area contributed by atoms with Gasteiger partial charge in [0, 0.05) is 11.1 Å². The second-order valence-electron chi connectivity index (χ2n) is 5.37. The monoisotopic (exact) mass is 398 g/mol. The normalized spacial score (nSPS) is 17.1. The number of anilines is 1. The summed E-state index contributed by atoms with van der Waals surface area (Å²) >= 11 is 6.98. The van der Waals surface area contributed by atoms with Gasteiger partial charge in [0.05, 0.1) is 16.4 Å². The molecule has 0 spiro atoms. The highest BCUT2D eigenvalue weighted by molar-refractivity contribution is 8.03. The summed E-state index contributed by atoms with van der Waals surface area (Å²) in [7, 11) is 0. The maximum Gasteiger partial charge on any atom is 0.335 e. The van der Waals surface area contributed by atoms with E-state index in [2.05, 4.69) is 10.3 Å². The first-order valence-corrected chi connectivity index (χ1v) is 8.84. The summed E-state index contributed by atoms with van der Waals surface area (Å²) in [4.78, 5) is 42.4. The Morgan fingerprint density at radius 1 is 1.19 bits per heavy atom. The lowest BCUT2D eigenvalue weighted by Gasteiger charge is -2.28. The van der Waals surface area contributed by atoms with Crippen molar-refractivity contribution in [3.05, 3.63) is 53.6 Å². The van der Waals surface area contributed by atoms with Gasteiger partial charge in [-0.2, -0.15) is 5.26 Å². The van der Waals surface area contributed by atoms with Crippen LogP contribution in [0, 0.1) is 16.6 Å². The molecule has 1 atom stereocenters. The van der Waals surface area contributed by atoms with E-state index < -0.39 is 23.8 Å². The summed E-state index contributed by atoms with van der Waals surface area (Å²) in [6.07, 6.45) is 1.17. The summed E-state index contributed by atoms with van der Waals surface area (Å²) < 4.78 is 0. The van der Waals surface area contributed by atoms with Crippen LogP contribution < -0.4 is 10.2 Å². The first kappa shape index (κ1) is 18.6. The lowest BCUT2D eigenvalue weighted by molar-refractivity contribution is -0.131. The third-order valence-electron chi connectivity index (χ3n) is 3.66. The van der Waals surface area contributed by atoms with Gasteiger partial charge < -0.3 is 0 Å². The summed E-state index contributed by atoms with van der Waals surface area (Å²) in [5.74, 6) is -2.69. The van der Waals surface area contributed by atoms with Gasteiger partial charge in [-0.15, -0.1) is 0 Å². The zero-order valence-corrected chi connectivity index (χ0v) is 15.2. The standard InChI is InChI=1S/C18H11ClN4O3S/c19-14-8-11(6-7-15(14)27-10-20)21-9-13-16(24)22-18(26)23(17(13)25)12-4-2-1-3-5-12/h1-9,13H,(H,22,24,26). The molecule has 1 aliphatic rings. The van der Waals surface area contributed by atoms with Gasteiger partial charge in [-0.05, 0) is 42.1 Å². The molecular weight excluding hydrogens is 388 g/mol. The number of urea groups is 1. The van der Waals surface area contributed by atoms with Gasteiger partial charge in [0.25, 0.3) is 5.91 Å². The number of thiocyanates is 1. The Hall–Kier alpha value is -3.15. The number of carbonyl (C=O) groups excluding carboxylic acids is 3. The van der Waals surface area contributed by atoms with E-state index in [1.807, 2.05) is 5.40 Å². The van der Waals surface area contributed by atoms with Crippen molar-refractivity contribution in [3.63, 3.8) is 0 Å². The number of hydrogen-bond acceptors (Lipinski definition) is 6. The topological polar surface area (TPSA) is 103 Å². The van der Waals surface area contributed by atoms with E-state index in [0.717, 1.165) is 16.7 Å². The van der Waals surface area contributed by atoms with Gasteiger partial charge in [-0.1, -0.05) is 29.8 Å². The Bertz CT molecular complexity index is 988. The third kappa shape index (κ3) is 4.00. The Morgan fingerprint density at radius 3 is 2.59 bits per heavy atom. The fourth-order valence-corrected chi connectivity index (χ4v) is 3.09. The minimum absolute atomic E-state index is 0.330. The number of benzene rings is 2. The number of nitrogens with zero attached hydrogens (tertiary/aromatic N) is 3. The Kier molecular flexibility index (Phi) is 5.54. The van der Waals surface area contributed by atoms with Gasteiger partial charge in [0.1, 0.15) is 5.40 Å². The molecule has 27 heavy (non-hydrogen) atoms. The summed E-state index contributed by atoms with van der Waals surface area (Å²) in [5, 5.41) is 13.1. The average molecular weight is 399 g/mol. The number of amides is 4. The van der Waals surface area contributed by atoms with Crippen molar-refractivity contribution in [2.45, 2.75) is 4.90 Å². The van der Waals surface area contributed by atoms with Gasteiger partial charge in [0.15, 0.2) is 5.92 Å². The molecule has 0 radical (unpaired) electrons. The van der Waals surface area contributed by atoms with Crippen LogP contribution in [0.4, 0.5) is 16.2 Å². The van der Waals surface area contributed by atoms with Crippen molar-refractivity contribution in [2.75, 3.05) is 4.90 Å². The first-order valence-electron chi connectivity index (χ1n) is 7.65. The van der Waals surface area contributed by atoms with Crippen molar-refractivity contribution in [1.29, 1.82) is 5.26 Å². The number of halogens is 1. The molecule has 0 aromatic heterocycles. The highest BCUT2D eigenvalue weighted by Crippen LogP contribution is 2.30. The molecule has 1 heterocycles. The van der Waals surface area contributed by atoms with Crippen LogP contribution in [0.25, 0.3) is 0 Å². The number of nitrogens with one attached hydrogen (secondary N) is 1. The van der Waals surface area contributed by atoms with Crippen LogP contribution >= 0.6 is 23.4 Å². The minimum Gasteiger partial charge on any atom is -0.276 e. The number of aliphatic imine (C=N–C) groups is 1. The molecule has 4 amide bonds. The molecule has 2 aromatic rings.